The number of allylic oxidation sites excluding steroid dienone is 3. The van der Waals surface area contributed by atoms with Crippen LogP contribution in [0.5, 0.6) is 0 Å². The molecule has 1 unspecified atom stereocenters. The largest absolute Gasteiger partial charge is 0.350 e. The van der Waals surface area contributed by atoms with E-state index in [9.17, 15) is 26.8 Å². The number of alkyl halides is 3. The predicted molar refractivity (Wildman–Crippen MR) is 136 cm³/mol. The van der Waals surface area contributed by atoms with Gasteiger partial charge in [0.25, 0.3) is 11.8 Å². The summed E-state index contributed by atoms with van der Waals surface area (Å²) in [5.41, 5.74) is 2.03. The van der Waals surface area contributed by atoms with E-state index in [1.807, 2.05) is 6.08 Å². The lowest BCUT2D eigenvalue weighted by molar-refractivity contribution is -0.118. The van der Waals surface area contributed by atoms with E-state index >= 15 is 0 Å². The van der Waals surface area contributed by atoms with Crippen LogP contribution in [0.25, 0.3) is 16.7 Å². The number of pyridine rings is 1. The molecule has 2 fully saturated rings. The van der Waals surface area contributed by atoms with E-state index in [4.69, 9.17) is 11.6 Å². The zero-order valence-corrected chi connectivity index (χ0v) is 21.6. The Morgan fingerprint density at radius 3 is 2.57 bits per heavy atom. The van der Waals surface area contributed by atoms with Gasteiger partial charge >= 0.3 is 0 Å². The summed E-state index contributed by atoms with van der Waals surface area (Å²) in [6.07, 6.45) is 7.18. The molecule has 2 aromatic heterocycles. The lowest BCUT2D eigenvalue weighted by atomic mass is 10.0. The molecular formula is C25H27ClF2N4O4S. The third-order valence-corrected chi connectivity index (χ3v) is 9.10. The summed E-state index contributed by atoms with van der Waals surface area (Å²) in [6, 6.07) is 3.28. The molecule has 0 radical (unpaired) electrons. The van der Waals surface area contributed by atoms with Gasteiger partial charge in [0.05, 0.1) is 22.4 Å². The molecule has 198 valence electrons. The summed E-state index contributed by atoms with van der Waals surface area (Å²) in [5, 5.41) is 3.20. The van der Waals surface area contributed by atoms with Crippen molar-refractivity contribution in [3.8, 4) is 0 Å². The predicted octanol–water partition coefficient (Wildman–Crippen LogP) is 3.38. The first-order chi connectivity index (χ1) is 17.5. The Bertz CT molecular complexity index is 1390. The van der Waals surface area contributed by atoms with Gasteiger partial charge in [-0.05, 0) is 43.5 Å². The molecule has 1 atom stereocenters. The Kier molecular flexibility index (Phi) is 6.86. The molecule has 3 aliphatic rings. The van der Waals surface area contributed by atoms with Crippen molar-refractivity contribution in [2.45, 2.75) is 49.4 Å². The van der Waals surface area contributed by atoms with Crippen molar-refractivity contribution in [3.05, 3.63) is 47.8 Å². The molecule has 0 bridgehead atoms. The van der Waals surface area contributed by atoms with E-state index in [-0.39, 0.29) is 55.3 Å². The second-order valence-corrected chi connectivity index (χ2v) is 12.7. The molecule has 1 aliphatic carbocycles. The van der Waals surface area contributed by atoms with Crippen LogP contribution in [0.4, 0.5) is 8.78 Å². The van der Waals surface area contributed by atoms with Crippen LogP contribution in [0.2, 0.25) is 0 Å². The average molecular weight is 553 g/mol. The Morgan fingerprint density at radius 2 is 1.86 bits per heavy atom. The molecule has 12 heteroatoms. The van der Waals surface area contributed by atoms with Crippen LogP contribution in [-0.4, -0.2) is 76.6 Å². The maximum atomic E-state index is 13.5. The summed E-state index contributed by atoms with van der Waals surface area (Å²) < 4.78 is 52.0. The summed E-state index contributed by atoms with van der Waals surface area (Å²) in [7, 11) is -3.02. The smallest absolute Gasteiger partial charge is 0.255 e. The van der Waals surface area contributed by atoms with Crippen molar-refractivity contribution >= 4 is 50.0 Å². The van der Waals surface area contributed by atoms with Gasteiger partial charge in [-0.25, -0.2) is 22.2 Å². The molecule has 0 aromatic carbocycles. The van der Waals surface area contributed by atoms with Crippen molar-refractivity contribution in [2.75, 3.05) is 24.6 Å². The van der Waals surface area contributed by atoms with Gasteiger partial charge in [-0.1, -0.05) is 0 Å². The molecule has 2 saturated heterocycles. The van der Waals surface area contributed by atoms with E-state index in [0.29, 0.717) is 47.1 Å². The van der Waals surface area contributed by atoms with E-state index in [2.05, 4.69) is 10.3 Å². The van der Waals surface area contributed by atoms with Crippen LogP contribution < -0.4 is 5.32 Å². The van der Waals surface area contributed by atoms with Gasteiger partial charge in [-0.2, -0.15) is 0 Å². The first-order valence-electron chi connectivity index (χ1n) is 12.2. The standard InChI is InChI=1S/C25H27ClF2N4O4S/c26-19-12-17(23(33)30-20-2-9-37(35,36)10-3-20)13-21(14-19)32-6-1-16-11-18(15-29-22(16)32)24(34)31-7-4-25(27,28)5-8-31/h1,6,11,13-15,19-20H,2-5,7-10,12H2,(H,30,33). The number of nitrogens with zero attached hydrogens (tertiary/aromatic N) is 3. The fourth-order valence-electron chi connectivity index (χ4n) is 4.93. The summed E-state index contributed by atoms with van der Waals surface area (Å²) >= 11 is 6.46. The first-order valence-corrected chi connectivity index (χ1v) is 14.5. The van der Waals surface area contributed by atoms with Crippen LogP contribution in [-0.2, 0) is 14.6 Å². The Balaban J connectivity index is 1.32. The van der Waals surface area contributed by atoms with Crippen LogP contribution >= 0.6 is 11.6 Å². The highest BCUT2D eigenvalue weighted by Gasteiger charge is 2.36. The van der Waals surface area contributed by atoms with Crippen LogP contribution in [0.3, 0.4) is 0 Å². The fraction of sp³-hybridized carbons (Fsp3) is 0.480. The molecule has 8 nitrogen and oxygen atoms in total. The minimum atomic E-state index is -3.02. The molecule has 37 heavy (non-hydrogen) atoms. The number of aromatic nitrogens is 2. The van der Waals surface area contributed by atoms with E-state index in [1.165, 1.54) is 11.1 Å². The Morgan fingerprint density at radius 1 is 1.16 bits per heavy atom. The van der Waals surface area contributed by atoms with E-state index in [1.54, 1.807) is 29.0 Å². The average Bonchev–Trinajstić information content (AvgIpc) is 3.28. The summed E-state index contributed by atoms with van der Waals surface area (Å²) in [4.78, 5) is 31.7. The Hall–Kier alpha value is -2.79. The van der Waals surface area contributed by atoms with Gasteiger partial charge in [0, 0.05) is 61.0 Å². The third-order valence-electron chi connectivity index (χ3n) is 7.10. The SMILES string of the molecule is O=C(NC1CCS(=O)(=O)CC1)C1=CC(n2ccc3cc(C(=O)N4CCC(F)(F)CC4)cnc32)=CC(Cl)C1. The number of halogens is 3. The highest BCUT2D eigenvalue weighted by atomic mass is 35.5. The summed E-state index contributed by atoms with van der Waals surface area (Å²) in [6.45, 7) is 0.00235. The molecule has 2 aliphatic heterocycles. The highest BCUT2D eigenvalue weighted by molar-refractivity contribution is 7.91. The fourth-order valence-corrected chi connectivity index (χ4v) is 6.72. The van der Waals surface area contributed by atoms with Crippen molar-refractivity contribution < 1.29 is 26.8 Å². The van der Waals surface area contributed by atoms with Gasteiger partial charge in [0.1, 0.15) is 15.5 Å². The molecule has 4 heterocycles. The maximum Gasteiger partial charge on any atom is 0.255 e. The number of carbonyl (C=O) groups is 2. The van der Waals surface area contributed by atoms with Crippen LogP contribution in [0, 0.1) is 0 Å². The number of amides is 2. The number of likely N-dealkylation sites (tertiary alicyclic amines) is 1. The van der Waals surface area contributed by atoms with Crippen molar-refractivity contribution in [1.29, 1.82) is 0 Å². The third kappa shape index (κ3) is 5.72. The van der Waals surface area contributed by atoms with Crippen molar-refractivity contribution in [3.63, 3.8) is 0 Å². The zero-order chi connectivity index (χ0) is 26.4. The number of hydrogen-bond donors (Lipinski definition) is 1. The minimum absolute atomic E-state index is 0.00117. The Labute approximate surface area is 218 Å². The van der Waals surface area contributed by atoms with Crippen LogP contribution in [0.1, 0.15) is 42.5 Å². The van der Waals surface area contributed by atoms with Gasteiger partial charge in [0.15, 0.2) is 0 Å². The van der Waals surface area contributed by atoms with E-state index in [0.717, 1.165) is 0 Å². The second kappa shape index (κ2) is 9.83. The molecule has 5 rings (SSSR count). The van der Waals surface area contributed by atoms with Crippen LogP contribution in [0.15, 0.2) is 42.3 Å². The van der Waals surface area contributed by atoms with Crippen molar-refractivity contribution in [1.82, 2.24) is 19.8 Å². The highest BCUT2D eigenvalue weighted by Crippen LogP contribution is 2.30. The normalized spacial score (nSPS) is 23.9. The maximum absolute atomic E-state index is 13.5. The molecule has 2 amide bonds. The zero-order valence-electron chi connectivity index (χ0n) is 20.0. The molecule has 2 aromatic rings. The topological polar surface area (TPSA) is 101 Å². The number of fused-ring (bicyclic) bond motifs is 1. The lowest BCUT2D eigenvalue weighted by Gasteiger charge is -2.31. The number of rotatable bonds is 4. The monoisotopic (exact) mass is 552 g/mol. The number of carbonyl (C=O) groups excluding carboxylic acids is 2. The second-order valence-electron chi connectivity index (χ2n) is 9.85. The lowest BCUT2D eigenvalue weighted by Crippen LogP contribution is -2.42. The summed E-state index contributed by atoms with van der Waals surface area (Å²) in [5.74, 6) is -3.20. The number of nitrogens with one attached hydrogen (secondary N) is 1. The first kappa shape index (κ1) is 25.8. The van der Waals surface area contributed by atoms with Crippen molar-refractivity contribution in [2.24, 2.45) is 0 Å². The van der Waals surface area contributed by atoms with E-state index < -0.39 is 21.1 Å². The van der Waals surface area contributed by atoms with Gasteiger partial charge < -0.3 is 14.8 Å². The molecular weight excluding hydrogens is 526 g/mol. The number of piperidine rings is 1. The molecule has 0 saturated carbocycles. The molecule has 1 N–H and O–H groups in total. The van der Waals surface area contributed by atoms with Gasteiger partial charge in [0.2, 0.25) is 5.91 Å². The minimum Gasteiger partial charge on any atom is -0.350 e. The van der Waals surface area contributed by atoms with Gasteiger partial charge in [-0.15, -0.1) is 11.6 Å². The van der Waals surface area contributed by atoms with Gasteiger partial charge in [-0.3, -0.25) is 9.59 Å². The quantitative estimate of drug-likeness (QED) is 0.586. The molecule has 0 spiro atoms. The number of sulfone groups is 1. The number of hydrogen-bond acceptors (Lipinski definition) is 5.